The molecule has 0 spiro atoms. The molecule has 2 aromatic heterocycles. The SMILES string of the molecule is CCCN(CCC)C1CCN(c2ccc(-n3ncc4c(Nc5ccccc5C)ncnc43)cc2)CC1. The lowest BCUT2D eigenvalue weighted by atomic mass is 10.0. The number of hydrogen-bond donors (Lipinski definition) is 1. The Hall–Kier alpha value is -3.45. The fraction of sp³-hybridized carbons (Fsp3) is 0.414. The van der Waals surface area contributed by atoms with E-state index in [0.717, 1.165) is 47.4 Å². The molecule has 7 heteroatoms. The van der Waals surface area contributed by atoms with E-state index in [2.05, 4.69) is 87.4 Å². The molecule has 0 saturated carbocycles. The summed E-state index contributed by atoms with van der Waals surface area (Å²) in [5.41, 5.74) is 5.27. The summed E-state index contributed by atoms with van der Waals surface area (Å²) in [5.74, 6) is 0.764. The van der Waals surface area contributed by atoms with Crippen LogP contribution in [0.1, 0.15) is 45.1 Å². The number of benzene rings is 2. The van der Waals surface area contributed by atoms with Crippen molar-refractivity contribution < 1.29 is 0 Å². The van der Waals surface area contributed by atoms with Crippen LogP contribution in [0.25, 0.3) is 16.7 Å². The van der Waals surface area contributed by atoms with Gasteiger partial charge in [0.05, 0.1) is 17.3 Å². The molecular formula is C29H37N7. The summed E-state index contributed by atoms with van der Waals surface area (Å²) in [6.45, 7) is 11.3. The predicted octanol–water partition coefficient (Wildman–Crippen LogP) is 5.96. The molecule has 0 unspecified atom stereocenters. The number of fused-ring (bicyclic) bond motifs is 1. The molecule has 188 valence electrons. The third-order valence-electron chi connectivity index (χ3n) is 7.23. The fourth-order valence-corrected chi connectivity index (χ4v) is 5.32. The van der Waals surface area contributed by atoms with Gasteiger partial charge in [-0.3, -0.25) is 0 Å². The number of nitrogens with zero attached hydrogens (tertiary/aromatic N) is 6. The maximum Gasteiger partial charge on any atom is 0.168 e. The minimum atomic E-state index is 0.720. The summed E-state index contributed by atoms with van der Waals surface area (Å²) in [6.07, 6.45) is 8.38. The zero-order valence-corrected chi connectivity index (χ0v) is 21.7. The van der Waals surface area contributed by atoms with E-state index in [-0.39, 0.29) is 0 Å². The third kappa shape index (κ3) is 5.07. The average molecular weight is 484 g/mol. The van der Waals surface area contributed by atoms with E-state index in [0.29, 0.717) is 0 Å². The standard InChI is InChI=1S/C29H37N7/c1-4-16-34(17-5-2)24-14-18-35(19-15-24)23-10-12-25(13-11-23)36-29-26(20-32-36)28(30-21-31-29)33-27-9-7-6-8-22(27)3/h6-13,20-21,24H,4-5,14-19H2,1-3H3,(H,30,31,33). The smallest absolute Gasteiger partial charge is 0.168 e. The number of aryl methyl sites for hydroxylation is 1. The van der Waals surface area contributed by atoms with E-state index >= 15 is 0 Å². The van der Waals surface area contributed by atoms with Gasteiger partial charge in [-0.1, -0.05) is 32.0 Å². The van der Waals surface area contributed by atoms with Gasteiger partial charge in [-0.15, -0.1) is 0 Å². The third-order valence-corrected chi connectivity index (χ3v) is 7.23. The Morgan fingerprint density at radius 1 is 0.917 bits per heavy atom. The molecule has 36 heavy (non-hydrogen) atoms. The lowest BCUT2D eigenvalue weighted by Gasteiger charge is -2.39. The molecule has 2 aromatic carbocycles. The molecule has 0 aliphatic carbocycles. The summed E-state index contributed by atoms with van der Waals surface area (Å²) < 4.78 is 1.89. The van der Waals surface area contributed by atoms with Crippen LogP contribution in [0.4, 0.5) is 17.2 Å². The Morgan fingerprint density at radius 3 is 2.31 bits per heavy atom. The van der Waals surface area contributed by atoms with Gasteiger partial charge in [0.25, 0.3) is 0 Å². The van der Waals surface area contributed by atoms with Crippen LogP contribution in [-0.4, -0.2) is 56.9 Å². The average Bonchev–Trinajstić information content (AvgIpc) is 3.35. The number of rotatable bonds is 9. The first-order valence-corrected chi connectivity index (χ1v) is 13.3. The number of para-hydroxylation sites is 1. The second-order valence-corrected chi connectivity index (χ2v) is 9.73. The molecule has 0 atom stereocenters. The lowest BCUT2D eigenvalue weighted by molar-refractivity contribution is 0.169. The van der Waals surface area contributed by atoms with Crippen molar-refractivity contribution in [3.63, 3.8) is 0 Å². The molecule has 5 rings (SSSR count). The molecular weight excluding hydrogens is 446 g/mol. The molecule has 1 aliphatic heterocycles. The second-order valence-electron chi connectivity index (χ2n) is 9.73. The highest BCUT2D eigenvalue weighted by molar-refractivity contribution is 5.89. The minimum absolute atomic E-state index is 0.720. The first-order valence-electron chi connectivity index (χ1n) is 13.3. The summed E-state index contributed by atoms with van der Waals surface area (Å²) in [4.78, 5) is 14.2. The van der Waals surface area contributed by atoms with E-state index in [1.54, 1.807) is 6.33 Å². The number of hydrogen-bond acceptors (Lipinski definition) is 6. The van der Waals surface area contributed by atoms with Gasteiger partial charge in [0.2, 0.25) is 0 Å². The Balaban J connectivity index is 1.30. The molecule has 3 heterocycles. The summed E-state index contributed by atoms with van der Waals surface area (Å²) >= 11 is 0. The predicted molar refractivity (Wildman–Crippen MR) is 149 cm³/mol. The molecule has 0 amide bonds. The lowest BCUT2D eigenvalue weighted by Crippen LogP contribution is -2.45. The molecule has 0 bridgehead atoms. The number of anilines is 3. The highest BCUT2D eigenvalue weighted by Gasteiger charge is 2.24. The van der Waals surface area contributed by atoms with Crippen LogP contribution in [-0.2, 0) is 0 Å². The van der Waals surface area contributed by atoms with Gasteiger partial charge in [0.15, 0.2) is 5.65 Å². The first kappa shape index (κ1) is 24.3. The fourth-order valence-electron chi connectivity index (χ4n) is 5.32. The molecule has 1 aliphatic rings. The van der Waals surface area contributed by atoms with Crippen molar-refractivity contribution in [1.82, 2.24) is 24.6 Å². The summed E-state index contributed by atoms with van der Waals surface area (Å²) in [7, 11) is 0. The topological polar surface area (TPSA) is 62.1 Å². The highest BCUT2D eigenvalue weighted by Crippen LogP contribution is 2.28. The zero-order chi connectivity index (χ0) is 24.9. The van der Waals surface area contributed by atoms with E-state index in [1.807, 2.05) is 23.0 Å². The first-order chi connectivity index (χ1) is 17.7. The van der Waals surface area contributed by atoms with Gasteiger partial charge in [-0.05, 0) is 81.6 Å². The van der Waals surface area contributed by atoms with Gasteiger partial charge in [-0.2, -0.15) is 5.10 Å². The zero-order valence-electron chi connectivity index (χ0n) is 21.7. The second kappa shape index (κ2) is 11.1. The molecule has 4 aromatic rings. The monoisotopic (exact) mass is 483 g/mol. The van der Waals surface area contributed by atoms with Gasteiger partial charge in [0, 0.05) is 30.5 Å². The number of aromatic nitrogens is 4. The van der Waals surface area contributed by atoms with Crippen LogP contribution in [0, 0.1) is 6.92 Å². The van der Waals surface area contributed by atoms with Crippen LogP contribution in [0.2, 0.25) is 0 Å². The van der Waals surface area contributed by atoms with Gasteiger partial charge in [0.1, 0.15) is 12.1 Å². The van der Waals surface area contributed by atoms with Crippen molar-refractivity contribution in [2.75, 3.05) is 36.4 Å². The Kier molecular flexibility index (Phi) is 7.47. The van der Waals surface area contributed by atoms with Crippen molar-refractivity contribution in [3.8, 4) is 5.69 Å². The number of piperidine rings is 1. The number of nitrogens with one attached hydrogen (secondary N) is 1. The quantitative estimate of drug-likeness (QED) is 0.317. The molecule has 7 nitrogen and oxygen atoms in total. The van der Waals surface area contributed by atoms with Gasteiger partial charge >= 0.3 is 0 Å². The minimum Gasteiger partial charge on any atom is -0.371 e. The molecule has 1 N–H and O–H groups in total. The van der Waals surface area contributed by atoms with Crippen LogP contribution in [0.5, 0.6) is 0 Å². The normalized spacial score (nSPS) is 14.6. The summed E-state index contributed by atoms with van der Waals surface area (Å²) in [6, 6.07) is 17.6. The Bertz CT molecular complexity index is 1270. The Morgan fingerprint density at radius 2 is 1.61 bits per heavy atom. The van der Waals surface area contributed by atoms with E-state index in [9.17, 15) is 0 Å². The maximum absolute atomic E-state index is 4.65. The van der Waals surface area contributed by atoms with Crippen molar-refractivity contribution in [1.29, 1.82) is 0 Å². The Labute approximate surface area is 214 Å². The van der Waals surface area contributed by atoms with Gasteiger partial charge in [-0.25, -0.2) is 14.6 Å². The van der Waals surface area contributed by atoms with Crippen LogP contribution >= 0.6 is 0 Å². The largest absolute Gasteiger partial charge is 0.371 e. The molecule has 1 saturated heterocycles. The highest BCUT2D eigenvalue weighted by atomic mass is 15.3. The van der Waals surface area contributed by atoms with E-state index in [4.69, 9.17) is 0 Å². The van der Waals surface area contributed by atoms with Crippen molar-refractivity contribution in [2.45, 2.75) is 52.5 Å². The van der Waals surface area contributed by atoms with Crippen molar-refractivity contribution in [3.05, 3.63) is 66.6 Å². The van der Waals surface area contributed by atoms with Crippen LogP contribution < -0.4 is 10.2 Å². The van der Waals surface area contributed by atoms with Crippen LogP contribution in [0.3, 0.4) is 0 Å². The van der Waals surface area contributed by atoms with E-state index in [1.165, 1.54) is 50.0 Å². The van der Waals surface area contributed by atoms with Gasteiger partial charge < -0.3 is 15.1 Å². The molecule has 0 radical (unpaired) electrons. The van der Waals surface area contributed by atoms with Crippen molar-refractivity contribution in [2.24, 2.45) is 0 Å². The van der Waals surface area contributed by atoms with Crippen molar-refractivity contribution >= 4 is 28.2 Å². The maximum atomic E-state index is 4.65. The van der Waals surface area contributed by atoms with E-state index < -0.39 is 0 Å². The molecule has 1 fully saturated rings. The van der Waals surface area contributed by atoms with Crippen LogP contribution in [0.15, 0.2) is 61.1 Å². The summed E-state index contributed by atoms with van der Waals surface area (Å²) in [5, 5.41) is 9.00.